The molecule has 21 heavy (non-hydrogen) atoms. The summed E-state index contributed by atoms with van der Waals surface area (Å²) in [6.45, 7) is 6.99. The van der Waals surface area contributed by atoms with Gasteiger partial charge in [0.2, 0.25) is 0 Å². The van der Waals surface area contributed by atoms with E-state index in [1.165, 1.54) is 0 Å². The highest BCUT2D eigenvalue weighted by Gasteiger charge is 2.45. The Bertz CT molecular complexity index is 501. The van der Waals surface area contributed by atoms with Crippen LogP contribution >= 0.6 is 0 Å². The molecule has 0 atom stereocenters. The van der Waals surface area contributed by atoms with Crippen molar-refractivity contribution in [1.82, 2.24) is 4.98 Å². The first-order valence-electron chi connectivity index (χ1n) is 7.60. The molecule has 4 heteroatoms. The van der Waals surface area contributed by atoms with Crippen LogP contribution in [0.25, 0.3) is 0 Å². The van der Waals surface area contributed by atoms with Crippen molar-refractivity contribution in [1.29, 1.82) is 0 Å². The summed E-state index contributed by atoms with van der Waals surface area (Å²) < 4.78 is 11.1. The van der Waals surface area contributed by atoms with Gasteiger partial charge in [-0.05, 0) is 44.1 Å². The maximum Gasteiger partial charge on any atom is 0.196 e. The Balaban J connectivity index is 2.27. The normalized spacial score (nSPS) is 20.0. The minimum atomic E-state index is -0.696. The van der Waals surface area contributed by atoms with E-state index in [1.54, 1.807) is 25.6 Å². The molecule has 116 valence electrons. The van der Waals surface area contributed by atoms with Crippen LogP contribution in [0.3, 0.4) is 0 Å². The van der Waals surface area contributed by atoms with Crippen molar-refractivity contribution in [2.45, 2.75) is 52.1 Å². The lowest BCUT2D eigenvalue weighted by molar-refractivity contribution is -0.0580. The van der Waals surface area contributed by atoms with Gasteiger partial charge in [-0.25, -0.2) is 0 Å². The van der Waals surface area contributed by atoms with Crippen molar-refractivity contribution >= 4 is 5.78 Å². The van der Waals surface area contributed by atoms with Crippen molar-refractivity contribution < 1.29 is 14.3 Å². The second-order valence-electron chi connectivity index (χ2n) is 6.53. The molecule has 1 aliphatic rings. The van der Waals surface area contributed by atoms with Crippen LogP contribution in [0.4, 0.5) is 0 Å². The third kappa shape index (κ3) is 3.43. The van der Waals surface area contributed by atoms with E-state index in [4.69, 9.17) is 9.47 Å². The van der Waals surface area contributed by atoms with Gasteiger partial charge in [-0.1, -0.05) is 13.8 Å². The van der Waals surface area contributed by atoms with Crippen LogP contribution in [0.1, 0.15) is 56.8 Å². The SMILES string of the molecule is CCOC1(C(=O)c2cncc(OC)c2)CCC(C)(C)CC1. The Morgan fingerprint density at radius 1 is 1.24 bits per heavy atom. The molecule has 0 bridgehead atoms. The molecule has 1 aromatic rings. The van der Waals surface area contributed by atoms with Crippen LogP contribution in [0.15, 0.2) is 18.5 Å². The van der Waals surface area contributed by atoms with Gasteiger partial charge in [0.25, 0.3) is 0 Å². The first-order valence-corrected chi connectivity index (χ1v) is 7.60. The summed E-state index contributed by atoms with van der Waals surface area (Å²) in [6, 6.07) is 1.75. The molecule has 1 saturated carbocycles. The number of carbonyl (C=O) groups is 1. The summed E-state index contributed by atoms with van der Waals surface area (Å²) in [5.74, 6) is 0.634. The molecule has 0 aliphatic heterocycles. The molecular formula is C17H25NO3. The number of nitrogens with zero attached hydrogens (tertiary/aromatic N) is 1. The van der Waals surface area contributed by atoms with Gasteiger partial charge < -0.3 is 9.47 Å². The third-order valence-electron chi connectivity index (χ3n) is 4.46. The van der Waals surface area contributed by atoms with Gasteiger partial charge in [-0.3, -0.25) is 9.78 Å². The van der Waals surface area contributed by atoms with Crippen LogP contribution in [0.5, 0.6) is 5.75 Å². The number of ether oxygens (including phenoxy) is 2. The summed E-state index contributed by atoms with van der Waals surface area (Å²) in [7, 11) is 1.58. The Labute approximate surface area is 126 Å². The van der Waals surface area contributed by atoms with E-state index >= 15 is 0 Å². The van der Waals surface area contributed by atoms with Gasteiger partial charge in [0, 0.05) is 18.4 Å². The molecule has 1 aliphatic carbocycles. The van der Waals surface area contributed by atoms with Crippen LogP contribution in [-0.4, -0.2) is 30.1 Å². The van der Waals surface area contributed by atoms with Gasteiger partial charge >= 0.3 is 0 Å². The fourth-order valence-corrected chi connectivity index (χ4v) is 2.96. The first-order chi connectivity index (χ1) is 9.92. The highest BCUT2D eigenvalue weighted by Crippen LogP contribution is 2.43. The molecule has 0 spiro atoms. The number of pyridine rings is 1. The zero-order valence-electron chi connectivity index (χ0n) is 13.4. The molecule has 0 aromatic carbocycles. The van der Waals surface area contributed by atoms with E-state index < -0.39 is 5.60 Å². The zero-order chi connectivity index (χ0) is 15.5. The summed E-state index contributed by atoms with van der Waals surface area (Å²) in [6.07, 6.45) is 6.74. The number of ketones is 1. The topological polar surface area (TPSA) is 48.4 Å². The van der Waals surface area contributed by atoms with Crippen molar-refractivity contribution in [3.05, 3.63) is 24.0 Å². The Morgan fingerprint density at radius 2 is 1.90 bits per heavy atom. The molecule has 0 radical (unpaired) electrons. The number of hydrogen-bond acceptors (Lipinski definition) is 4. The number of aromatic nitrogens is 1. The third-order valence-corrected chi connectivity index (χ3v) is 4.46. The Hall–Kier alpha value is -1.42. The Kier molecular flexibility index (Phi) is 4.67. The molecule has 0 N–H and O–H groups in total. The lowest BCUT2D eigenvalue weighted by Crippen LogP contribution is -2.46. The number of methoxy groups -OCH3 is 1. The average molecular weight is 291 g/mol. The molecule has 0 amide bonds. The van der Waals surface area contributed by atoms with Crippen molar-refractivity contribution in [3.63, 3.8) is 0 Å². The average Bonchev–Trinajstić information content (AvgIpc) is 2.49. The largest absolute Gasteiger partial charge is 0.495 e. The van der Waals surface area contributed by atoms with Crippen LogP contribution < -0.4 is 4.74 Å². The number of hydrogen-bond donors (Lipinski definition) is 0. The highest BCUT2D eigenvalue weighted by atomic mass is 16.5. The molecule has 4 nitrogen and oxygen atoms in total. The minimum absolute atomic E-state index is 0.0336. The van der Waals surface area contributed by atoms with E-state index in [1.807, 2.05) is 6.92 Å². The zero-order valence-corrected chi connectivity index (χ0v) is 13.4. The number of rotatable bonds is 5. The summed E-state index contributed by atoms with van der Waals surface area (Å²) in [5.41, 5.74) is 0.161. The van der Waals surface area contributed by atoms with Gasteiger partial charge in [0.05, 0.1) is 13.3 Å². The van der Waals surface area contributed by atoms with Crippen molar-refractivity contribution in [3.8, 4) is 5.75 Å². The molecule has 1 heterocycles. The van der Waals surface area contributed by atoms with Crippen LogP contribution in [0, 0.1) is 5.41 Å². The second kappa shape index (κ2) is 6.14. The minimum Gasteiger partial charge on any atom is -0.495 e. The van der Waals surface area contributed by atoms with Gasteiger partial charge in [0.15, 0.2) is 5.78 Å². The van der Waals surface area contributed by atoms with E-state index in [-0.39, 0.29) is 11.2 Å². The lowest BCUT2D eigenvalue weighted by atomic mass is 9.68. The summed E-state index contributed by atoms with van der Waals surface area (Å²) in [5, 5.41) is 0. The van der Waals surface area contributed by atoms with Crippen molar-refractivity contribution in [2.75, 3.05) is 13.7 Å². The van der Waals surface area contributed by atoms with Crippen LogP contribution in [-0.2, 0) is 4.74 Å². The molecule has 0 unspecified atom stereocenters. The number of carbonyl (C=O) groups excluding carboxylic acids is 1. The predicted molar refractivity (Wildman–Crippen MR) is 81.7 cm³/mol. The quantitative estimate of drug-likeness (QED) is 0.777. The maximum absolute atomic E-state index is 13.0. The smallest absolute Gasteiger partial charge is 0.196 e. The lowest BCUT2D eigenvalue weighted by Gasteiger charge is -2.42. The maximum atomic E-state index is 13.0. The predicted octanol–water partition coefficient (Wildman–Crippen LogP) is 3.65. The molecule has 1 aromatic heterocycles. The van der Waals surface area contributed by atoms with Gasteiger partial charge in [-0.2, -0.15) is 0 Å². The summed E-state index contributed by atoms with van der Waals surface area (Å²) >= 11 is 0. The summed E-state index contributed by atoms with van der Waals surface area (Å²) in [4.78, 5) is 17.1. The van der Waals surface area contributed by atoms with E-state index in [0.717, 1.165) is 25.7 Å². The van der Waals surface area contributed by atoms with Crippen molar-refractivity contribution in [2.24, 2.45) is 5.41 Å². The molecular weight excluding hydrogens is 266 g/mol. The monoisotopic (exact) mass is 291 g/mol. The molecule has 0 saturated heterocycles. The van der Waals surface area contributed by atoms with E-state index in [2.05, 4.69) is 18.8 Å². The molecule has 2 rings (SSSR count). The fraction of sp³-hybridized carbons (Fsp3) is 0.647. The fourth-order valence-electron chi connectivity index (χ4n) is 2.96. The highest BCUT2D eigenvalue weighted by molar-refractivity contribution is 6.02. The second-order valence-corrected chi connectivity index (χ2v) is 6.53. The first kappa shape index (κ1) is 16.0. The standard InChI is InChI=1S/C17H25NO3/c1-5-21-17(8-6-16(2,3)7-9-17)15(19)13-10-14(20-4)12-18-11-13/h10-12H,5-9H2,1-4H3. The number of Topliss-reactive ketones (excluding diaryl/α,β-unsaturated/α-hetero) is 1. The van der Waals surface area contributed by atoms with Gasteiger partial charge in [-0.15, -0.1) is 0 Å². The van der Waals surface area contributed by atoms with Crippen LogP contribution in [0.2, 0.25) is 0 Å². The van der Waals surface area contributed by atoms with Gasteiger partial charge in [0.1, 0.15) is 11.4 Å². The molecule has 1 fully saturated rings. The Morgan fingerprint density at radius 3 is 2.48 bits per heavy atom. The van der Waals surface area contributed by atoms with E-state index in [9.17, 15) is 4.79 Å². The van der Waals surface area contributed by atoms with E-state index in [0.29, 0.717) is 17.9 Å².